The molecule has 4 nitrogen and oxygen atoms in total. The standard InChI is InChI=1S/C17H16Cl2N2O2S/c18-9-16(22)21-14-4-6-15(7-5-14)24-11-17(23)20-10-12-2-1-3-13(19)8-12/h1-8H,9-11H2,(H,20,23)(H,21,22). The molecule has 2 aromatic carbocycles. The quantitative estimate of drug-likeness (QED) is 0.563. The lowest BCUT2D eigenvalue weighted by Crippen LogP contribution is -2.24. The van der Waals surface area contributed by atoms with E-state index in [1.807, 2.05) is 30.3 Å². The van der Waals surface area contributed by atoms with E-state index >= 15 is 0 Å². The van der Waals surface area contributed by atoms with Gasteiger partial charge in [-0.25, -0.2) is 0 Å². The van der Waals surface area contributed by atoms with Crippen molar-refractivity contribution in [3.63, 3.8) is 0 Å². The Morgan fingerprint density at radius 2 is 1.79 bits per heavy atom. The molecule has 0 unspecified atom stereocenters. The predicted octanol–water partition coefficient (Wildman–Crippen LogP) is 3.93. The molecular weight excluding hydrogens is 367 g/mol. The number of nitrogens with one attached hydrogen (secondary N) is 2. The maximum Gasteiger partial charge on any atom is 0.239 e. The summed E-state index contributed by atoms with van der Waals surface area (Å²) >= 11 is 12.8. The van der Waals surface area contributed by atoms with Crippen LogP contribution in [0.3, 0.4) is 0 Å². The molecule has 126 valence electrons. The zero-order chi connectivity index (χ0) is 17.4. The molecule has 0 aliphatic carbocycles. The lowest BCUT2D eigenvalue weighted by molar-refractivity contribution is -0.118. The Bertz CT molecular complexity index is 708. The summed E-state index contributed by atoms with van der Waals surface area (Å²) in [4.78, 5) is 24.0. The summed E-state index contributed by atoms with van der Waals surface area (Å²) in [5.41, 5.74) is 1.63. The molecule has 0 saturated heterocycles. The number of thioether (sulfide) groups is 1. The number of hydrogen-bond acceptors (Lipinski definition) is 3. The fraction of sp³-hybridized carbons (Fsp3) is 0.176. The van der Waals surface area contributed by atoms with E-state index in [9.17, 15) is 9.59 Å². The molecule has 0 atom stereocenters. The van der Waals surface area contributed by atoms with Gasteiger partial charge in [-0.3, -0.25) is 9.59 Å². The van der Waals surface area contributed by atoms with Crippen LogP contribution in [0.1, 0.15) is 5.56 Å². The lowest BCUT2D eigenvalue weighted by Gasteiger charge is -2.07. The molecule has 2 N–H and O–H groups in total. The van der Waals surface area contributed by atoms with Crippen molar-refractivity contribution in [2.24, 2.45) is 0 Å². The van der Waals surface area contributed by atoms with Gasteiger partial charge in [0.25, 0.3) is 0 Å². The van der Waals surface area contributed by atoms with Crippen LogP contribution in [0.2, 0.25) is 5.02 Å². The number of hydrogen-bond donors (Lipinski definition) is 2. The summed E-state index contributed by atoms with van der Waals surface area (Å²) in [6.07, 6.45) is 0. The smallest absolute Gasteiger partial charge is 0.239 e. The van der Waals surface area contributed by atoms with Gasteiger partial charge in [0, 0.05) is 22.2 Å². The van der Waals surface area contributed by atoms with Gasteiger partial charge < -0.3 is 10.6 Å². The molecule has 0 radical (unpaired) electrons. The fourth-order valence-electron chi connectivity index (χ4n) is 1.88. The summed E-state index contributed by atoms with van der Waals surface area (Å²) in [5, 5.41) is 6.16. The van der Waals surface area contributed by atoms with Gasteiger partial charge in [0.2, 0.25) is 11.8 Å². The maximum atomic E-state index is 11.9. The van der Waals surface area contributed by atoms with Crippen molar-refractivity contribution in [2.75, 3.05) is 16.9 Å². The van der Waals surface area contributed by atoms with Crippen molar-refractivity contribution in [3.8, 4) is 0 Å². The molecule has 0 fully saturated rings. The number of anilines is 1. The average Bonchev–Trinajstić information content (AvgIpc) is 2.59. The first kappa shape index (κ1) is 18.6. The Hall–Kier alpha value is -1.69. The van der Waals surface area contributed by atoms with Crippen LogP contribution >= 0.6 is 35.0 Å². The number of rotatable bonds is 7. The molecule has 0 spiro atoms. The number of carbonyl (C=O) groups is 2. The molecule has 24 heavy (non-hydrogen) atoms. The Kier molecular flexibility index (Phi) is 7.43. The van der Waals surface area contributed by atoms with Crippen molar-refractivity contribution >= 4 is 52.5 Å². The second-order valence-electron chi connectivity index (χ2n) is 4.90. The fourth-order valence-corrected chi connectivity index (χ4v) is 2.88. The maximum absolute atomic E-state index is 11.9. The van der Waals surface area contributed by atoms with E-state index in [-0.39, 0.29) is 17.7 Å². The van der Waals surface area contributed by atoms with E-state index in [2.05, 4.69) is 10.6 Å². The summed E-state index contributed by atoms with van der Waals surface area (Å²) in [6.45, 7) is 0.448. The van der Waals surface area contributed by atoms with Crippen LogP contribution in [-0.4, -0.2) is 23.4 Å². The first-order valence-corrected chi connectivity index (χ1v) is 9.06. The minimum atomic E-state index is -0.252. The Labute approximate surface area is 154 Å². The van der Waals surface area contributed by atoms with Gasteiger partial charge in [0.05, 0.1) is 5.75 Å². The minimum Gasteiger partial charge on any atom is -0.351 e. The number of halogens is 2. The molecule has 0 aliphatic rings. The Balaban J connectivity index is 1.76. The highest BCUT2D eigenvalue weighted by Crippen LogP contribution is 2.20. The second-order valence-corrected chi connectivity index (χ2v) is 6.65. The Morgan fingerprint density at radius 1 is 1.04 bits per heavy atom. The number of benzene rings is 2. The molecule has 0 saturated carbocycles. The highest BCUT2D eigenvalue weighted by Gasteiger charge is 2.04. The summed E-state index contributed by atoms with van der Waals surface area (Å²) in [5.74, 6) is -0.0750. The van der Waals surface area contributed by atoms with Crippen LogP contribution in [0.4, 0.5) is 5.69 Å². The van der Waals surface area contributed by atoms with E-state index < -0.39 is 0 Å². The van der Waals surface area contributed by atoms with Gasteiger partial charge in [-0.2, -0.15) is 0 Å². The Morgan fingerprint density at radius 3 is 2.46 bits per heavy atom. The zero-order valence-electron chi connectivity index (χ0n) is 12.7. The highest BCUT2D eigenvalue weighted by atomic mass is 35.5. The molecule has 2 rings (SSSR count). The van der Waals surface area contributed by atoms with Crippen molar-refractivity contribution in [2.45, 2.75) is 11.4 Å². The van der Waals surface area contributed by atoms with Gasteiger partial charge in [0.15, 0.2) is 0 Å². The minimum absolute atomic E-state index is 0.0560. The molecule has 7 heteroatoms. The molecule has 0 bridgehead atoms. The van der Waals surface area contributed by atoms with Crippen LogP contribution in [0.25, 0.3) is 0 Å². The predicted molar refractivity (Wildman–Crippen MR) is 99.8 cm³/mol. The van der Waals surface area contributed by atoms with E-state index in [1.165, 1.54) is 11.8 Å². The molecule has 0 aromatic heterocycles. The van der Waals surface area contributed by atoms with E-state index in [1.54, 1.807) is 18.2 Å². The molecule has 2 aromatic rings. The van der Waals surface area contributed by atoms with Gasteiger partial charge in [0.1, 0.15) is 5.88 Å². The second kappa shape index (κ2) is 9.57. The first-order chi connectivity index (χ1) is 11.6. The first-order valence-electron chi connectivity index (χ1n) is 7.16. The van der Waals surface area contributed by atoms with Gasteiger partial charge in [-0.15, -0.1) is 23.4 Å². The third kappa shape index (κ3) is 6.43. The summed E-state index contributed by atoms with van der Waals surface area (Å²) in [7, 11) is 0. The van der Waals surface area contributed by atoms with Gasteiger partial charge in [-0.1, -0.05) is 23.7 Å². The van der Waals surface area contributed by atoms with E-state index in [0.29, 0.717) is 23.0 Å². The van der Waals surface area contributed by atoms with Crippen LogP contribution < -0.4 is 10.6 Å². The van der Waals surface area contributed by atoms with Crippen LogP contribution in [0.15, 0.2) is 53.4 Å². The molecular formula is C17H16Cl2N2O2S. The van der Waals surface area contributed by atoms with Crippen molar-refractivity contribution in [1.82, 2.24) is 5.32 Å². The summed E-state index contributed by atoms with van der Waals surface area (Å²) in [6, 6.07) is 14.6. The van der Waals surface area contributed by atoms with Gasteiger partial charge in [-0.05, 0) is 42.0 Å². The average molecular weight is 383 g/mol. The zero-order valence-corrected chi connectivity index (χ0v) is 15.0. The highest BCUT2D eigenvalue weighted by molar-refractivity contribution is 8.00. The van der Waals surface area contributed by atoms with Gasteiger partial charge >= 0.3 is 0 Å². The number of alkyl halides is 1. The molecule has 0 heterocycles. The normalized spacial score (nSPS) is 10.2. The van der Waals surface area contributed by atoms with Crippen molar-refractivity contribution in [1.29, 1.82) is 0 Å². The third-order valence-electron chi connectivity index (χ3n) is 3.01. The number of carbonyl (C=O) groups excluding carboxylic acids is 2. The number of amides is 2. The lowest BCUT2D eigenvalue weighted by atomic mass is 10.2. The SMILES string of the molecule is O=C(CSc1ccc(NC(=O)CCl)cc1)NCc1cccc(Cl)c1. The topological polar surface area (TPSA) is 58.2 Å². The van der Waals surface area contributed by atoms with E-state index in [4.69, 9.17) is 23.2 Å². The van der Waals surface area contributed by atoms with Crippen molar-refractivity contribution in [3.05, 3.63) is 59.1 Å². The summed E-state index contributed by atoms with van der Waals surface area (Å²) < 4.78 is 0. The molecule has 0 aliphatic heterocycles. The third-order valence-corrected chi connectivity index (χ3v) is 4.50. The van der Waals surface area contributed by atoms with Crippen LogP contribution in [0, 0.1) is 0 Å². The largest absolute Gasteiger partial charge is 0.351 e. The van der Waals surface area contributed by atoms with Crippen LogP contribution in [-0.2, 0) is 16.1 Å². The monoisotopic (exact) mass is 382 g/mol. The van der Waals surface area contributed by atoms with Crippen LogP contribution in [0.5, 0.6) is 0 Å². The van der Waals surface area contributed by atoms with Crippen molar-refractivity contribution < 1.29 is 9.59 Å². The molecule has 2 amide bonds. The van der Waals surface area contributed by atoms with E-state index in [0.717, 1.165) is 10.5 Å².